The van der Waals surface area contributed by atoms with Crippen molar-refractivity contribution in [1.29, 1.82) is 0 Å². The molecule has 6 nitrogen and oxygen atoms in total. The average molecular weight is 388 g/mol. The molecule has 3 N–H and O–H groups in total. The molecule has 0 aliphatic heterocycles. The van der Waals surface area contributed by atoms with Crippen molar-refractivity contribution >= 4 is 35.0 Å². The van der Waals surface area contributed by atoms with E-state index in [1.54, 1.807) is 12.1 Å². The van der Waals surface area contributed by atoms with E-state index in [1.807, 2.05) is 43.3 Å². The zero-order valence-corrected chi connectivity index (χ0v) is 15.8. The molecule has 0 heterocycles. The number of nitrogens with one attached hydrogen (secondary N) is 3. The molecule has 0 fully saturated rings. The highest BCUT2D eigenvalue weighted by Gasteiger charge is 2.09. The number of hydrogen-bond acceptors (Lipinski definition) is 3. The van der Waals surface area contributed by atoms with Crippen LogP contribution < -0.4 is 16.0 Å². The third-order valence-electron chi connectivity index (χ3n) is 3.73. The molecule has 142 valence electrons. The Morgan fingerprint density at radius 1 is 0.926 bits per heavy atom. The molecule has 27 heavy (non-hydrogen) atoms. The van der Waals surface area contributed by atoms with Crippen LogP contribution in [-0.4, -0.2) is 30.8 Å². The lowest BCUT2D eigenvalue weighted by Gasteiger charge is -2.09. The quantitative estimate of drug-likeness (QED) is 0.650. The highest BCUT2D eigenvalue weighted by molar-refractivity contribution is 6.33. The van der Waals surface area contributed by atoms with Crippen LogP contribution in [0.15, 0.2) is 48.5 Å². The number of carbonyl (C=O) groups is 3. The number of amides is 3. The van der Waals surface area contributed by atoms with Crippen LogP contribution in [0.5, 0.6) is 0 Å². The predicted molar refractivity (Wildman–Crippen MR) is 106 cm³/mol. The van der Waals surface area contributed by atoms with Gasteiger partial charge in [-0.1, -0.05) is 48.0 Å². The summed E-state index contributed by atoms with van der Waals surface area (Å²) in [5.74, 6) is -0.844. The van der Waals surface area contributed by atoms with Crippen LogP contribution >= 0.6 is 11.6 Å². The maximum Gasteiger partial charge on any atom is 0.243 e. The summed E-state index contributed by atoms with van der Waals surface area (Å²) in [5.41, 5.74) is 2.39. The van der Waals surface area contributed by atoms with Crippen molar-refractivity contribution < 1.29 is 14.4 Å². The van der Waals surface area contributed by atoms with Crippen molar-refractivity contribution in [3.05, 3.63) is 64.7 Å². The van der Waals surface area contributed by atoms with Crippen LogP contribution in [0, 0.1) is 6.92 Å². The fourth-order valence-corrected chi connectivity index (χ4v) is 2.62. The van der Waals surface area contributed by atoms with E-state index in [0.717, 1.165) is 11.1 Å². The van der Waals surface area contributed by atoms with E-state index in [4.69, 9.17) is 11.6 Å². The summed E-state index contributed by atoms with van der Waals surface area (Å²) in [6.07, 6.45) is 0.362. The molecule has 0 aromatic heterocycles. The first kappa shape index (κ1) is 20.5. The molecule has 2 aromatic rings. The molecule has 0 radical (unpaired) electrons. The van der Waals surface area contributed by atoms with E-state index in [2.05, 4.69) is 16.0 Å². The number of aryl methyl sites for hydroxylation is 1. The molecule has 0 atom stereocenters. The second-order valence-electron chi connectivity index (χ2n) is 6.07. The number of benzene rings is 2. The highest BCUT2D eigenvalue weighted by atomic mass is 35.5. The predicted octanol–water partition coefficient (Wildman–Crippen LogP) is 2.45. The Kier molecular flexibility index (Phi) is 7.82. The topological polar surface area (TPSA) is 87.3 Å². The minimum absolute atomic E-state index is 0.0963. The monoisotopic (exact) mass is 387 g/mol. The largest absolute Gasteiger partial charge is 0.355 e. The van der Waals surface area contributed by atoms with Crippen LogP contribution in [-0.2, 0) is 20.8 Å². The van der Waals surface area contributed by atoms with Gasteiger partial charge in [0, 0.05) is 13.0 Å². The van der Waals surface area contributed by atoms with E-state index in [-0.39, 0.29) is 43.7 Å². The summed E-state index contributed by atoms with van der Waals surface area (Å²) >= 11 is 6.05. The zero-order valence-electron chi connectivity index (χ0n) is 15.0. The first-order chi connectivity index (χ1) is 12.9. The Bertz CT molecular complexity index is 809. The minimum atomic E-state index is -0.373. The Morgan fingerprint density at radius 2 is 1.67 bits per heavy atom. The van der Waals surface area contributed by atoms with Crippen LogP contribution in [0.25, 0.3) is 0 Å². The minimum Gasteiger partial charge on any atom is -0.355 e. The van der Waals surface area contributed by atoms with Crippen molar-refractivity contribution in [3.8, 4) is 0 Å². The molecule has 0 spiro atoms. The van der Waals surface area contributed by atoms with E-state index >= 15 is 0 Å². The molecule has 2 rings (SSSR count). The molecule has 3 amide bonds. The molecular weight excluding hydrogens is 366 g/mol. The smallest absolute Gasteiger partial charge is 0.243 e. The zero-order chi connectivity index (χ0) is 19.6. The molecule has 0 aliphatic carbocycles. The van der Waals surface area contributed by atoms with Crippen LogP contribution in [0.3, 0.4) is 0 Å². The number of carbonyl (C=O) groups excluding carboxylic acids is 3. The lowest BCUT2D eigenvalue weighted by molar-refractivity contribution is -0.124. The first-order valence-electron chi connectivity index (χ1n) is 8.57. The van der Waals surface area contributed by atoms with Gasteiger partial charge in [-0.2, -0.15) is 0 Å². The number of hydrogen-bond donors (Lipinski definition) is 3. The standard InChI is InChI=1S/C20H22ClN3O3/c1-14-7-8-17(16(21)11-14)24-20(27)13-23-18(25)9-10-22-19(26)12-15-5-3-2-4-6-15/h2-8,11H,9-10,12-13H2,1H3,(H,22,26)(H,23,25)(H,24,27). The molecule has 0 bridgehead atoms. The van der Waals surface area contributed by atoms with Crippen molar-refractivity contribution in [2.75, 3.05) is 18.4 Å². The van der Waals surface area contributed by atoms with E-state index in [0.29, 0.717) is 10.7 Å². The summed E-state index contributed by atoms with van der Waals surface area (Å²) in [6, 6.07) is 14.6. The summed E-state index contributed by atoms with van der Waals surface area (Å²) in [4.78, 5) is 35.5. The molecule has 2 aromatic carbocycles. The van der Waals surface area contributed by atoms with Gasteiger partial charge in [0.05, 0.1) is 23.7 Å². The average Bonchev–Trinajstić information content (AvgIpc) is 2.63. The number of rotatable bonds is 8. The molecule has 0 aliphatic rings. The molecule has 0 saturated heterocycles. The Hall–Kier alpha value is -2.86. The molecule has 0 unspecified atom stereocenters. The molecule has 0 saturated carbocycles. The van der Waals surface area contributed by atoms with Gasteiger partial charge in [0.25, 0.3) is 0 Å². The number of halogens is 1. The summed E-state index contributed by atoms with van der Waals surface area (Å²) < 4.78 is 0. The van der Waals surface area contributed by atoms with E-state index < -0.39 is 0 Å². The van der Waals surface area contributed by atoms with Gasteiger partial charge >= 0.3 is 0 Å². The van der Waals surface area contributed by atoms with Crippen molar-refractivity contribution in [3.63, 3.8) is 0 Å². The van der Waals surface area contributed by atoms with Gasteiger partial charge < -0.3 is 16.0 Å². The van der Waals surface area contributed by atoms with Crippen LogP contribution in [0.4, 0.5) is 5.69 Å². The van der Waals surface area contributed by atoms with Gasteiger partial charge in [0.2, 0.25) is 17.7 Å². The fraction of sp³-hybridized carbons (Fsp3) is 0.250. The second kappa shape index (κ2) is 10.3. The summed E-state index contributed by atoms with van der Waals surface area (Å²) in [5, 5.41) is 8.28. The number of anilines is 1. The Morgan fingerprint density at radius 3 is 2.37 bits per heavy atom. The van der Waals surface area contributed by atoms with E-state index in [1.165, 1.54) is 0 Å². The maximum absolute atomic E-state index is 11.9. The lowest BCUT2D eigenvalue weighted by Crippen LogP contribution is -2.35. The Labute approximate surface area is 163 Å². The van der Waals surface area contributed by atoms with Gasteiger partial charge in [0.15, 0.2) is 0 Å². The van der Waals surface area contributed by atoms with Crippen molar-refractivity contribution in [1.82, 2.24) is 10.6 Å². The van der Waals surface area contributed by atoms with Gasteiger partial charge in [0.1, 0.15) is 0 Å². The third kappa shape index (κ3) is 7.50. The normalized spacial score (nSPS) is 10.1. The van der Waals surface area contributed by atoms with Gasteiger partial charge in [-0.05, 0) is 30.2 Å². The van der Waals surface area contributed by atoms with Gasteiger partial charge in [-0.25, -0.2) is 0 Å². The van der Waals surface area contributed by atoms with Crippen molar-refractivity contribution in [2.24, 2.45) is 0 Å². The SMILES string of the molecule is Cc1ccc(NC(=O)CNC(=O)CCNC(=O)Cc2ccccc2)c(Cl)c1. The highest BCUT2D eigenvalue weighted by Crippen LogP contribution is 2.22. The third-order valence-corrected chi connectivity index (χ3v) is 4.04. The summed E-state index contributed by atoms with van der Waals surface area (Å²) in [6.45, 7) is 1.94. The lowest BCUT2D eigenvalue weighted by atomic mass is 10.1. The Balaban J connectivity index is 1.64. The van der Waals surface area contributed by atoms with Crippen LogP contribution in [0.2, 0.25) is 5.02 Å². The fourth-order valence-electron chi connectivity index (χ4n) is 2.34. The van der Waals surface area contributed by atoms with E-state index in [9.17, 15) is 14.4 Å². The maximum atomic E-state index is 11.9. The van der Waals surface area contributed by atoms with Crippen molar-refractivity contribution in [2.45, 2.75) is 19.8 Å². The summed E-state index contributed by atoms with van der Waals surface area (Å²) in [7, 11) is 0. The first-order valence-corrected chi connectivity index (χ1v) is 8.95. The van der Waals surface area contributed by atoms with Gasteiger partial charge in [-0.3, -0.25) is 14.4 Å². The van der Waals surface area contributed by atoms with Gasteiger partial charge in [-0.15, -0.1) is 0 Å². The molecule has 7 heteroatoms. The second-order valence-corrected chi connectivity index (χ2v) is 6.48. The van der Waals surface area contributed by atoms with Crippen LogP contribution in [0.1, 0.15) is 17.5 Å². The molecular formula is C20H22ClN3O3.